The maximum Gasteiger partial charge on any atom is 0.0381 e. The van der Waals surface area contributed by atoms with E-state index in [4.69, 9.17) is 0 Å². The van der Waals surface area contributed by atoms with Crippen molar-refractivity contribution in [1.82, 2.24) is 0 Å². The lowest BCUT2D eigenvalue weighted by atomic mass is 9.79. The largest absolute Gasteiger partial charge is 0.144 e. The quantitative estimate of drug-likeness (QED) is 0.148. The molecule has 4 rings (SSSR count). The third-order valence-electron chi connectivity index (χ3n) is 8.38. The van der Waals surface area contributed by atoms with Gasteiger partial charge in [0.2, 0.25) is 0 Å². The van der Waals surface area contributed by atoms with Gasteiger partial charge in [-0.3, -0.25) is 0 Å². The van der Waals surface area contributed by atoms with Gasteiger partial charge in [-0.25, -0.2) is 0 Å². The van der Waals surface area contributed by atoms with Gasteiger partial charge in [0.05, 0.1) is 0 Å². The molecule has 0 bridgehead atoms. The Morgan fingerprint density at radius 3 is 1.27 bits per heavy atom. The molecule has 0 amide bonds. The van der Waals surface area contributed by atoms with Crippen molar-refractivity contribution in [2.75, 3.05) is 0 Å². The van der Waals surface area contributed by atoms with E-state index in [1.165, 1.54) is 118 Å². The highest BCUT2D eigenvalue weighted by molar-refractivity contribution is 7.14. The molecule has 0 nitrogen and oxygen atoms in total. The highest BCUT2D eigenvalue weighted by atomic mass is 32.1. The number of rotatable bonds is 12. The van der Waals surface area contributed by atoms with Crippen LogP contribution in [0.3, 0.4) is 0 Å². The number of hydrogen-bond acceptors (Lipinski definition) is 2. The number of unbranched alkanes of at least 4 members (excludes halogenated alkanes) is 6. The first-order valence-corrected chi connectivity index (χ1v) is 17.6. The van der Waals surface area contributed by atoms with Gasteiger partial charge in [-0.15, -0.1) is 22.7 Å². The Kier molecular flexibility index (Phi) is 10.4. The van der Waals surface area contributed by atoms with Gasteiger partial charge in [-0.2, -0.15) is 0 Å². The second-order valence-electron chi connectivity index (χ2n) is 13.8. The van der Waals surface area contributed by atoms with Crippen molar-refractivity contribution >= 4 is 33.4 Å². The van der Waals surface area contributed by atoms with Crippen molar-refractivity contribution in [3.05, 3.63) is 69.4 Å². The van der Waals surface area contributed by atoms with Crippen LogP contribution in [0, 0.1) is 0 Å². The third kappa shape index (κ3) is 7.29. The zero-order valence-electron chi connectivity index (χ0n) is 26.5. The SMILES string of the molecule is CCCCCCc1ccsc1-c1cc(C(C)(C)C)cc2c(-c3sccc3CCCCCC)cc(C(C)(C)C)cc12. The lowest BCUT2D eigenvalue weighted by Crippen LogP contribution is -2.13. The molecule has 4 aromatic rings. The van der Waals surface area contributed by atoms with E-state index in [-0.39, 0.29) is 10.8 Å². The molecular weight excluding hydrogens is 521 g/mol. The number of thiophene rings is 2. The van der Waals surface area contributed by atoms with Crippen molar-refractivity contribution in [1.29, 1.82) is 0 Å². The Morgan fingerprint density at radius 1 is 0.525 bits per heavy atom. The van der Waals surface area contributed by atoms with Crippen LogP contribution in [0.25, 0.3) is 31.7 Å². The van der Waals surface area contributed by atoms with Gasteiger partial charge in [0.1, 0.15) is 0 Å². The molecule has 40 heavy (non-hydrogen) atoms. The van der Waals surface area contributed by atoms with Gasteiger partial charge in [-0.1, -0.05) is 93.9 Å². The van der Waals surface area contributed by atoms with E-state index in [0.717, 1.165) is 0 Å². The summed E-state index contributed by atoms with van der Waals surface area (Å²) in [6, 6.07) is 14.9. The Balaban J connectivity index is 1.95. The molecule has 2 aromatic heterocycles. The Bertz CT molecular complexity index is 1280. The maximum absolute atomic E-state index is 2.53. The van der Waals surface area contributed by atoms with Gasteiger partial charge < -0.3 is 0 Å². The van der Waals surface area contributed by atoms with Crippen LogP contribution in [-0.4, -0.2) is 0 Å². The van der Waals surface area contributed by atoms with Gasteiger partial charge >= 0.3 is 0 Å². The summed E-state index contributed by atoms with van der Waals surface area (Å²) in [5.41, 5.74) is 8.98. The molecule has 2 aromatic carbocycles. The lowest BCUT2D eigenvalue weighted by molar-refractivity contribution is 0.589. The Labute approximate surface area is 253 Å². The second-order valence-corrected chi connectivity index (χ2v) is 15.6. The van der Waals surface area contributed by atoms with Crippen molar-refractivity contribution in [3.63, 3.8) is 0 Å². The first-order chi connectivity index (χ1) is 19.0. The molecule has 0 N–H and O–H groups in total. The van der Waals surface area contributed by atoms with Crippen molar-refractivity contribution < 1.29 is 0 Å². The second kappa shape index (κ2) is 13.4. The van der Waals surface area contributed by atoms with Gasteiger partial charge in [0, 0.05) is 20.9 Å². The van der Waals surface area contributed by atoms with Crippen LogP contribution in [0.4, 0.5) is 0 Å². The highest BCUT2D eigenvalue weighted by Crippen LogP contribution is 2.45. The third-order valence-corrected chi connectivity index (χ3v) is 10.4. The fourth-order valence-corrected chi connectivity index (χ4v) is 7.70. The molecule has 0 atom stereocenters. The number of hydrogen-bond donors (Lipinski definition) is 0. The molecule has 216 valence electrons. The molecule has 0 aliphatic rings. The van der Waals surface area contributed by atoms with Crippen LogP contribution in [0.2, 0.25) is 0 Å². The fourth-order valence-electron chi connectivity index (χ4n) is 5.73. The molecule has 0 radical (unpaired) electrons. The normalized spacial score (nSPS) is 12.5. The van der Waals surface area contributed by atoms with Crippen LogP contribution in [0.1, 0.15) is 129 Å². The summed E-state index contributed by atoms with van der Waals surface area (Å²) in [5.74, 6) is 0. The summed E-state index contributed by atoms with van der Waals surface area (Å²) in [6.07, 6.45) is 12.8. The van der Waals surface area contributed by atoms with Gasteiger partial charge in [-0.05, 0) is 117 Å². The molecule has 0 fully saturated rings. The minimum atomic E-state index is 0.0832. The van der Waals surface area contributed by atoms with Gasteiger partial charge in [0.25, 0.3) is 0 Å². The average Bonchev–Trinajstić information content (AvgIpc) is 3.56. The fraction of sp³-hybridized carbons (Fsp3) is 0.526. The van der Waals surface area contributed by atoms with Crippen LogP contribution < -0.4 is 0 Å². The number of fused-ring (bicyclic) bond motifs is 1. The molecule has 0 spiro atoms. The molecule has 0 saturated carbocycles. The average molecular weight is 573 g/mol. The maximum atomic E-state index is 2.53. The topological polar surface area (TPSA) is 0 Å². The van der Waals surface area contributed by atoms with Crippen molar-refractivity contribution in [3.8, 4) is 20.9 Å². The number of benzene rings is 2. The highest BCUT2D eigenvalue weighted by Gasteiger charge is 2.24. The summed E-state index contributed by atoms with van der Waals surface area (Å²) in [5, 5.41) is 7.50. The molecule has 0 aliphatic carbocycles. The molecule has 0 aliphatic heterocycles. The lowest BCUT2D eigenvalue weighted by Gasteiger charge is -2.26. The van der Waals surface area contributed by atoms with E-state index in [2.05, 4.69) is 103 Å². The van der Waals surface area contributed by atoms with Crippen molar-refractivity contribution in [2.24, 2.45) is 0 Å². The summed E-state index contributed by atoms with van der Waals surface area (Å²) < 4.78 is 0. The standard InChI is InChI=1S/C38H52S2/c1-9-11-13-15-17-27-19-21-39-35(27)33-25-29(37(3,4)5)24-32-31(33)23-30(38(6,7)8)26-34(32)36-28(20-22-40-36)18-16-14-12-10-2/h19-26H,9-18H2,1-8H3. The summed E-state index contributed by atoms with van der Waals surface area (Å²) >= 11 is 3.88. The predicted octanol–water partition coefficient (Wildman–Crippen LogP) is 13.1. The van der Waals surface area contributed by atoms with E-state index in [0.29, 0.717) is 0 Å². The summed E-state index contributed by atoms with van der Waals surface area (Å²) in [6.45, 7) is 18.8. The van der Waals surface area contributed by atoms with Gasteiger partial charge in [0.15, 0.2) is 0 Å². The zero-order chi connectivity index (χ0) is 28.9. The molecule has 0 unspecified atom stereocenters. The monoisotopic (exact) mass is 572 g/mol. The smallest absolute Gasteiger partial charge is 0.0381 e. The summed E-state index contributed by atoms with van der Waals surface area (Å²) in [4.78, 5) is 2.96. The molecule has 0 saturated heterocycles. The molecule has 2 heteroatoms. The van der Waals surface area contributed by atoms with Crippen molar-refractivity contribution in [2.45, 2.75) is 130 Å². The number of aryl methyl sites for hydroxylation is 2. The van der Waals surface area contributed by atoms with Crippen LogP contribution >= 0.6 is 22.7 Å². The van der Waals surface area contributed by atoms with Crippen LogP contribution in [-0.2, 0) is 23.7 Å². The zero-order valence-corrected chi connectivity index (χ0v) is 28.1. The van der Waals surface area contributed by atoms with Crippen LogP contribution in [0.5, 0.6) is 0 Å². The van der Waals surface area contributed by atoms with E-state index >= 15 is 0 Å². The Morgan fingerprint density at radius 2 is 0.925 bits per heavy atom. The van der Waals surface area contributed by atoms with E-state index in [1.54, 1.807) is 0 Å². The minimum Gasteiger partial charge on any atom is -0.144 e. The van der Waals surface area contributed by atoms with E-state index in [9.17, 15) is 0 Å². The van der Waals surface area contributed by atoms with E-state index in [1.807, 2.05) is 22.7 Å². The van der Waals surface area contributed by atoms with E-state index < -0.39 is 0 Å². The predicted molar refractivity (Wildman–Crippen MR) is 184 cm³/mol. The molecular formula is C38H52S2. The summed E-state index contributed by atoms with van der Waals surface area (Å²) in [7, 11) is 0. The first kappa shape index (κ1) is 31.0. The Hall–Kier alpha value is -1.90. The van der Waals surface area contributed by atoms with Crippen LogP contribution in [0.15, 0.2) is 47.2 Å². The minimum absolute atomic E-state index is 0.0832. The molecule has 2 heterocycles. The first-order valence-electron chi connectivity index (χ1n) is 15.8.